The van der Waals surface area contributed by atoms with Crippen molar-refractivity contribution in [1.29, 1.82) is 0 Å². The number of quaternary nitrogens is 1. The maximum atomic E-state index is 6.34. The molecule has 0 aromatic heterocycles. The minimum atomic E-state index is 0. The highest BCUT2D eigenvalue weighted by atomic mass is 35.5. The normalized spacial score (nSPS) is 12.8. The molecule has 0 spiro atoms. The maximum Gasteiger partial charge on any atom is 0.0861 e. The minimum absolute atomic E-state index is 0. The monoisotopic (exact) mass is 684 g/mol. The molecule has 0 aliphatic carbocycles. The molecule has 0 rings (SSSR count). The van der Waals surface area contributed by atoms with E-state index >= 15 is 0 Å². The summed E-state index contributed by atoms with van der Waals surface area (Å²) in [7, 11) is 6.82. The van der Waals surface area contributed by atoms with Gasteiger partial charge in [0.15, 0.2) is 0 Å². The van der Waals surface area contributed by atoms with Crippen LogP contribution in [0.2, 0.25) is 0 Å². The van der Waals surface area contributed by atoms with Gasteiger partial charge in [-0.25, -0.2) is 0 Å². The van der Waals surface area contributed by atoms with Crippen LogP contribution in [0.3, 0.4) is 0 Å². The second kappa shape index (κ2) is 40.1. The molecule has 0 saturated heterocycles. The van der Waals surface area contributed by atoms with Gasteiger partial charge in [0.1, 0.15) is 0 Å². The zero-order valence-electron chi connectivity index (χ0n) is 32.9. The summed E-state index contributed by atoms with van der Waals surface area (Å²) in [6.07, 6.45) is 48.8. The van der Waals surface area contributed by atoms with Gasteiger partial charge in [0.25, 0.3) is 0 Å². The van der Waals surface area contributed by atoms with E-state index < -0.39 is 0 Å². The van der Waals surface area contributed by atoms with Crippen LogP contribution in [0.4, 0.5) is 0 Å². The molecule has 3 nitrogen and oxygen atoms in total. The lowest BCUT2D eigenvalue weighted by Gasteiger charge is -2.27. The molecule has 0 aromatic rings. The quantitative estimate of drug-likeness (QED) is 0.0366. The van der Waals surface area contributed by atoms with Crippen LogP contribution >= 0.6 is 0 Å². The summed E-state index contributed by atoms with van der Waals surface area (Å²) in [5, 5.41) is 0. The van der Waals surface area contributed by atoms with Gasteiger partial charge in [-0.3, -0.25) is 0 Å². The largest absolute Gasteiger partial charge is 1.00 e. The SMILES string of the molecule is CCCCCCCC/C=C\CCCCCCCCOCC(CC[N+](C)(C)C)OCCCCCCCC/C=C\CCCCCCCC.[Cl-]. The highest BCUT2D eigenvalue weighted by molar-refractivity contribution is 4.82. The van der Waals surface area contributed by atoms with Crippen molar-refractivity contribution in [3.8, 4) is 0 Å². The van der Waals surface area contributed by atoms with E-state index in [1.807, 2.05) is 0 Å². The third-order valence-corrected chi connectivity index (χ3v) is 9.24. The number of halogens is 1. The van der Waals surface area contributed by atoms with Gasteiger partial charge in [0.05, 0.1) is 40.4 Å². The molecule has 0 bridgehead atoms. The highest BCUT2D eigenvalue weighted by Gasteiger charge is 2.15. The van der Waals surface area contributed by atoms with Crippen molar-refractivity contribution >= 4 is 0 Å². The summed E-state index contributed by atoms with van der Waals surface area (Å²) >= 11 is 0. The van der Waals surface area contributed by atoms with Crippen molar-refractivity contribution in [2.75, 3.05) is 47.5 Å². The molecule has 0 fully saturated rings. The molecule has 47 heavy (non-hydrogen) atoms. The molecule has 1 atom stereocenters. The van der Waals surface area contributed by atoms with E-state index in [9.17, 15) is 0 Å². The zero-order chi connectivity index (χ0) is 33.7. The van der Waals surface area contributed by atoms with E-state index in [1.54, 1.807) is 0 Å². The Kier molecular flexibility index (Phi) is 41.6. The lowest BCUT2D eigenvalue weighted by molar-refractivity contribution is -0.870. The molecule has 0 N–H and O–H groups in total. The Balaban J connectivity index is 0. The van der Waals surface area contributed by atoms with Crippen LogP contribution in [0.5, 0.6) is 0 Å². The predicted molar refractivity (Wildman–Crippen MR) is 207 cm³/mol. The molecular formula is C43H86ClNO2. The van der Waals surface area contributed by atoms with Gasteiger partial charge < -0.3 is 26.4 Å². The number of hydrogen-bond donors (Lipinski definition) is 0. The Hall–Kier alpha value is -0.350. The molecule has 0 saturated carbocycles. The number of allylic oxidation sites excluding steroid dienone is 4. The summed E-state index contributed by atoms with van der Waals surface area (Å²) < 4.78 is 13.4. The lowest BCUT2D eigenvalue weighted by atomic mass is 10.1. The molecule has 282 valence electrons. The van der Waals surface area contributed by atoms with Crippen LogP contribution in [-0.4, -0.2) is 58.1 Å². The van der Waals surface area contributed by atoms with Crippen LogP contribution in [0.1, 0.15) is 200 Å². The molecule has 0 aromatic carbocycles. The standard InChI is InChI=1S/C43H86NO2.ClH/c1-6-8-10-12-14-16-18-20-22-24-26-28-30-32-34-36-40-45-42-43(38-39-44(3,4)5)46-41-37-35-33-31-29-27-25-23-21-19-17-15-13-11-9-7-2;/h20-23,43H,6-19,24-42H2,1-5H3;1H/q+1;/p-1/b22-20-,23-21-;. The van der Waals surface area contributed by atoms with E-state index in [2.05, 4.69) is 59.3 Å². The zero-order valence-corrected chi connectivity index (χ0v) is 33.6. The first-order valence-corrected chi connectivity index (χ1v) is 20.8. The third-order valence-electron chi connectivity index (χ3n) is 9.24. The Morgan fingerprint density at radius 1 is 0.447 bits per heavy atom. The number of unbranched alkanes of at least 4 members (excludes halogenated alkanes) is 24. The fraction of sp³-hybridized carbons (Fsp3) is 0.907. The van der Waals surface area contributed by atoms with Gasteiger partial charge in [-0.1, -0.05) is 154 Å². The summed E-state index contributed by atoms with van der Waals surface area (Å²) in [5.74, 6) is 0. The Labute approximate surface area is 303 Å². The summed E-state index contributed by atoms with van der Waals surface area (Å²) in [4.78, 5) is 0. The molecule has 0 amide bonds. The number of hydrogen-bond acceptors (Lipinski definition) is 2. The predicted octanol–water partition coefficient (Wildman–Crippen LogP) is 10.6. The van der Waals surface area contributed by atoms with Gasteiger partial charge in [0, 0.05) is 19.6 Å². The van der Waals surface area contributed by atoms with E-state index in [1.165, 1.54) is 180 Å². The van der Waals surface area contributed by atoms with Crippen LogP contribution in [0.15, 0.2) is 24.3 Å². The minimum Gasteiger partial charge on any atom is -1.00 e. The van der Waals surface area contributed by atoms with Crippen molar-refractivity contribution in [3.05, 3.63) is 24.3 Å². The summed E-state index contributed by atoms with van der Waals surface area (Å²) in [5.41, 5.74) is 0. The first-order chi connectivity index (χ1) is 22.5. The fourth-order valence-electron chi connectivity index (χ4n) is 6.01. The first-order valence-electron chi connectivity index (χ1n) is 20.8. The van der Waals surface area contributed by atoms with Gasteiger partial charge in [-0.15, -0.1) is 0 Å². The highest BCUT2D eigenvalue weighted by Crippen LogP contribution is 2.13. The maximum absolute atomic E-state index is 6.34. The van der Waals surface area contributed by atoms with E-state index in [0.29, 0.717) is 0 Å². The van der Waals surface area contributed by atoms with Gasteiger partial charge >= 0.3 is 0 Å². The van der Waals surface area contributed by atoms with Crippen LogP contribution in [0, 0.1) is 0 Å². The summed E-state index contributed by atoms with van der Waals surface area (Å²) in [6.45, 7) is 8.26. The second-order valence-corrected chi connectivity index (χ2v) is 15.2. The fourth-order valence-corrected chi connectivity index (χ4v) is 6.01. The van der Waals surface area contributed by atoms with Crippen molar-refractivity contribution in [3.63, 3.8) is 0 Å². The first kappa shape index (κ1) is 48.8. The van der Waals surface area contributed by atoms with Crippen LogP contribution in [0.25, 0.3) is 0 Å². The van der Waals surface area contributed by atoms with Crippen molar-refractivity contribution in [1.82, 2.24) is 0 Å². The topological polar surface area (TPSA) is 18.5 Å². The smallest absolute Gasteiger partial charge is 0.0861 e. The van der Waals surface area contributed by atoms with Gasteiger partial charge in [0.2, 0.25) is 0 Å². The van der Waals surface area contributed by atoms with Crippen LogP contribution in [-0.2, 0) is 9.47 Å². The summed E-state index contributed by atoms with van der Waals surface area (Å²) in [6, 6.07) is 0. The van der Waals surface area contributed by atoms with Gasteiger partial charge in [-0.05, 0) is 64.2 Å². The van der Waals surface area contributed by atoms with Crippen molar-refractivity contribution < 1.29 is 26.4 Å². The molecule has 0 radical (unpaired) electrons. The Morgan fingerprint density at radius 3 is 1.17 bits per heavy atom. The molecule has 0 aliphatic rings. The van der Waals surface area contributed by atoms with Crippen molar-refractivity contribution in [2.24, 2.45) is 0 Å². The van der Waals surface area contributed by atoms with Crippen LogP contribution < -0.4 is 12.4 Å². The number of ether oxygens (including phenoxy) is 2. The molecule has 0 aliphatic heterocycles. The molecular weight excluding hydrogens is 598 g/mol. The molecule has 1 unspecified atom stereocenters. The van der Waals surface area contributed by atoms with Crippen molar-refractivity contribution in [2.45, 2.75) is 206 Å². The average molecular weight is 685 g/mol. The number of rotatable bonds is 38. The average Bonchev–Trinajstić information content (AvgIpc) is 3.03. The lowest BCUT2D eigenvalue weighted by Crippen LogP contribution is -3.00. The van der Waals surface area contributed by atoms with Gasteiger partial charge in [-0.2, -0.15) is 0 Å². The third kappa shape index (κ3) is 43.6. The number of nitrogens with zero attached hydrogens (tertiary/aromatic N) is 1. The second-order valence-electron chi connectivity index (χ2n) is 15.2. The van der Waals surface area contributed by atoms with E-state index in [0.717, 1.165) is 37.3 Å². The van der Waals surface area contributed by atoms with E-state index in [-0.39, 0.29) is 18.5 Å². The molecule has 4 heteroatoms. The Morgan fingerprint density at radius 2 is 0.787 bits per heavy atom. The van der Waals surface area contributed by atoms with E-state index in [4.69, 9.17) is 9.47 Å². The molecule has 0 heterocycles. The Bertz CT molecular complexity index is 630.